The van der Waals surface area contributed by atoms with E-state index in [0.717, 1.165) is 4.47 Å². The van der Waals surface area contributed by atoms with E-state index in [1.807, 2.05) is 0 Å². The van der Waals surface area contributed by atoms with Crippen molar-refractivity contribution < 1.29 is 13.9 Å². The predicted molar refractivity (Wildman–Crippen MR) is 67.4 cm³/mol. The number of likely N-dealkylation sites (N-methyl/N-ethyl adjacent to an activating group) is 1. The van der Waals surface area contributed by atoms with Crippen molar-refractivity contribution in [3.8, 4) is 5.75 Å². The van der Waals surface area contributed by atoms with Crippen LogP contribution in [-0.4, -0.2) is 17.9 Å². The summed E-state index contributed by atoms with van der Waals surface area (Å²) < 4.78 is 11.7. The van der Waals surface area contributed by atoms with Gasteiger partial charge in [0.1, 0.15) is 0 Å². The van der Waals surface area contributed by atoms with Gasteiger partial charge in [0, 0.05) is 17.7 Å². The van der Waals surface area contributed by atoms with Crippen LogP contribution in [0.15, 0.2) is 39.5 Å². The number of anilines is 1. The Balaban J connectivity index is 2.06. The van der Waals surface area contributed by atoms with Crippen LogP contribution in [0.2, 0.25) is 0 Å². The van der Waals surface area contributed by atoms with Crippen LogP contribution < -0.4 is 9.64 Å². The molecule has 1 amide bonds. The fraction of sp³-hybridized carbons (Fsp3) is 0.167. The van der Waals surface area contributed by atoms with Gasteiger partial charge in [0.15, 0.2) is 17.3 Å². The van der Waals surface area contributed by atoms with E-state index in [0.29, 0.717) is 17.3 Å². The molecule has 3 rings (SSSR count). The summed E-state index contributed by atoms with van der Waals surface area (Å²) in [5.41, 5.74) is 0. The third-order valence-corrected chi connectivity index (χ3v) is 3.15. The number of halogens is 1. The number of hydrogen-bond donors (Lipinski definition) is 0. The number of hydrogen-bond acceptors (Lipinski definition) is 4. The number of amides is 1. The molecular weight excluding hydrogens is 300 g/mol. The lowest BCUT2D eigenvalue weighted by Gasteiger charge is -2.29. The van der Waals surface area contributed by atoms with Crippen LogP contribution >= 0.6 is 15.9 Å². The molecule has 5 nitrogen and oxygen atoms in total. The van der Waals surface area contributed by atoms with Crippen LogP contribution in [0.5, 0.6) is 5.75 Å². The number of rotatable bonds is 1. The number of furan rings is 1. The van der Waals surface area contributed by atoms with Gasteiger partial charge in [-0.15, -0.1) is 0 Å². The quantitative estimate of drug-likeness (QED) is 0.812. The minimum absolute atomic E-state index is 0.202. The standard InChI is InChI=1S/C12H9BrN2O3/c1-15-11-9(5-7(13)6-14-11)18-10(12(15)16)8-3-2-4-17-8/h2-6,10H,1H3. The molecule has 0 aliphatic carbocycles. The van der Waals surface area contributed by atoms with Gasteiger partial charge in [0.2, 0.25) is 6.10 Å². The van der Waals surface area contributed by atoms with Gasteiger partial charge in [-0.05, 0) is 34.1 Å². The van der Waals surface area contributed by atoms with E-state index in [-0.39, 0.29) is 5.91 Å². The number of fused-ring (bicyclic) bond motifs is 1. The van der Waals surface area contributed by atoms with Gasteiger partial charge in [0.05, 0.1) is 6.26 Å². The first-order chi connectivity index (χ1) is 8.66. The van der Waals surface area contributed by atoms with Crippen molar-refractivity contribution in [3.05, 3.63) is 40.9 Å². The minimum Gasteiger partial charge on any atom is -0.469 e. The molecule has 1 unspecified atom stereocenters. The summed E-state index contributed by atoms with van der Waals surface area (Å²) in [4.78, 5) is 17.8. The summed E-state index contributed by atoms with van der Waals surface area (Å²) in [7, 11) is 1.67. The average molecular weight is 309 g/mol. The predicted octanol–water partition coefficient (Wildman–Crippen LogP) is 2.53. The van der Waals surface area contributed by atoms with Gasteiger partial charge in [-0.3, -0.25) is 9.69 Å². The highest BCUT2D eigenvalue weighted by Gasteiger charge is 2.36. The van der Waals surface area contributed by atoms with Crippen molar-refractivity contribution in [2.45, 2.75) is 6.10 Å². The Morgan fingerprint density at radius 1 is 1.50 bits per heavy atom. The van der Waals surface area contributed by atoms with E-state index in [1.54, 1.807) is 31.4 Å². The third kappa shape index (κ3) is 1.69. The Morgan fingerprint density at radius 3 is 3.06 bits per heavy atom. The highest BCUT2D eigenvalue weighted by Crippen LogP contribution is 2.37. The number of ether oxygens (including phenoxy) is 1. The molecule has 0 spiro atoms. The van der Waals surface area contributed by atoms with Crippen LogP contribution in [0.4, 0.5) is 5.82 Å². The van der Waals surface area contributed by atoms with Crippen molar-refractivity contribution in [3.63, 3.8) is 0 Å². The van der Waals surface area contributed by atoms with E-state index in [4.69, 9.17) is 9.15 Å². The lowest BCUT2D eigenvalue weighted by Crippen LogP contribution is -2.38. The van der Waals surface area contributed by atoms with Crippen molar-refractivity contribution in [1.82, 2.24) is 4.98 Å². The van der Waals surface area contributed by atoms with Crippen LogP contribution in [0, 0.1) is 0 Å². The average Bonchev–Trinajstić information content (AvgIpc) is 2.87. The fourth-order valence-corrected chi connectivity index (χ4v) is 2.14. The van der Waals surface area contributed by atoms with Gasteiger partial charge in [-0.25, -0.2) is 4.98 Å². The maximum Gasteiger partial charge on any atom is 0.277 e. The Morgan fingerprint density at radius 2 is 2.33 bits per heavy atom. The Bertz CT molecular complexity index is 597. The van der Waals surface area contributed by atoms with E-state index < -0.39 is 6.10 Å². The van der Waals surface area contributed by atoms with Crippen LogP contribution in [-0.2, 0) is 4.79 Å². The first kappa shape index (κ1) is 11.3. The molecule has 18 heavy (non-hydrogen) atoms. The second-order valence-electron chi connectivity index (χ2n) is 3.89. The smallest absolute Gasteiger partial charge is 0.277 e. The molecule has 0 N–H and O–H groups in total. The van der Waals surface area contributed by atoms with Gasteiger partial charge in [-0.1, -0.05) is 0 Å². The summed E-state index contributed by atoms with van der Waals surface area (Å²) in [5, 5.41) is 0. The first-order valence-electron chi connectivity index (χ1n) is 5.30. The zero-order valence-corrected chi connectivity index (χ0v) is 11.0. The van der Waals surface area contributed by atoms with Crippen molar-refractivity contribution in [1.29, 1.82) is 0 Å². The monoisotopic (exact) mass is 308 g/mol. The van der Waals surface area contributed by atoms with Crippen LogP contribution in [0.3, 0.4) is 0 Å². The Labute approximate surface area is 111 Å². The lowest BCUT2D eigenvalue weighted by atomic mass is 10.2. The summed E-state index contributed by atoms with van der Waals surface area (Å²) in [6.45, 7) is 0. The first-order valence-corrected chi connectivity index (χ1v) is 6.09. The van der Waals surface area contributed by atoms with Crippen LogP contribution in [0.25, 0.3) is 0 Å². The second-order valence-corrected chi connectivity index (χ2v) is 4.80. The van der Waals surface area contributed by atoms with Gasteiger partial charge >= 0.3 is 0 Å². The topological polar surface area (TPSA) is 55.6 Å². The highest BCUT2D eigenvalue weighted by atomic mass is 79.9. The SMILES string of the molecule is CN1C(=O)C(c2ccco2)Oc2cc(Br)cnc21. The molecule has 0 radical (unpaired) electrons. The lowest BCUT2D eigenvalue weighted by molar-refractivity contribution is -0.127. The molecule has 0 aromatic carbocycles. The second kappa shape index (κ2) is 4.13. The van der Waals surface area contributed by atoms with E-state index in [1.165, 1.54) is 11.2 Å². The molecule has 0 saturated carbocycles. The molecule has 2 aromatic rings. The maximum atomic E-state index is 12.2. The van der Waals surface area contributed by atoms with Crippen LogP contribution in [0.1, 0.15) is 11.9 Å². The summed E-state index contributed by atoms with van der Waals surface area (Å²) in [6, 6.07) is 5.22. The van der Waals surface area contributed by atoms with Gasteiger partial charge in [-0.2, -0.15) is 0 Å². The normalized spacial score (nSPS) is 18.4. The molecule has 0 fully saturated rings. The molecule has 1 aliphatic heterocycles. The largest absolute Gasteiger partial charge is 0.469 e. The van der Waals surface area contributed by atoms with Crippen molar-refractivity contribution in [2.24, 2.45) is 0 Å². The third-order valence-electron chi connectivity index (χ3n) is 2.72. The molecule has 1 aliphatic rings. The highest BCUT2D eigenvalue weighted by molar-refractivity contribution is 9.10. The van der Waals surface area contributed by atoms with Gasteiger partial charge in [0.25, 0.3) is 5.91 Å². The minimum atomic E-state index is -0.756. The Kier molecular flexibility index (Phi) is 2.59. The molecule has 3 heterocycles. The number of carbonyl (C=O) groups excluding carboxylic acids is 1. The molecule has 92 valence electrons. The van der Waals surface area contributed by atoms with Crippen molar-refractivity contribution in [2.75, 3.05) is 11.9 Å². The number of aromatic nitrogens is 1. The zero-order chi connectivity index (χ0) is 12.7. The Hall–Kier alpha value is -1.82. The fourth-order valence-electron chi connectivity index (χ4n) is 1.83. The zero-order valence-electron chi connectivity index (χ0n) is 9.46. The molecule has 0 saturated heterocycles. The molecule has 2 aromatic heterocycles. The maximum absolute atomic E-state index is 12.2. The van der Waals surface area contributed by atoms with Crippen molar-refractivity contribution >= 4 is 27.7 Å². The molecule has 0 bridgehead atoms. The molecule has 6 heteroatoms. The summed E-state index contributed by atoms with van der Waals surface area (Å²) in [5.74, 6) is 1.34. The number of nitrogens with zero attached hydrogens (tertiary/aromatic N) is 2. The van der Waals surface area contributed by atoms with E-state index in [9.17, 15) is 4.79 Å². The number of carbonyl (C=O) groups is 1. The van der Waals surface area contributed by atoms with E-state index in [2.05, 4.69) is 20.9 Å². The van der Waals surface area contributed by atoms with Gasteiger partial charge < -0.3 is 9.15 Å². The summed E-state index contributed by atoms with van der Waals surface area (Å²) >= 11 is 3.32. The van der Waals surface area contributed by atoms with E-state index >= 15 is 0 Å². The molecular formula is C12H9BrN2O3. The summed E-state index contributed by atoms with van der Waals surface area (Å²) in [6.07, 6.45) is 2.38. The molecule has 1 atom stereocenters. The number of pyridine rings is 1.